The summed E-state index contributed by atoms with van der Waals surface area (Å²) >= 11 is 0. The van der Waals surface area contributed by atoms with Gasteiger partial charge in [-0.1, -0.05) is 25.7 Å². The second-order valence-corrected chi connectivity index (χ2v) is 5.63. The van der Waals surface area contributed by atoms with Crippen LogP contribution in [0.15, 0.2) is 18.2 Å². The lowest BCUT2D eigenvalue weighted by Gasteiger charge is -2.27. The largest absolute Gasteiger partial charge is 0.493 e. The topological polar surface area (TPSA) is 38.8 Å². The van der Waals surface area contributed by atoms with E-state index in [1.54, 1.807) is 32.4 Å². The lowest BCUT2D eigenvalue weighted by molar-refractivity contribution is 0.0717. The van der Waals surface area contributed by atoms with Crippen molar-refractivity contribution in [1.29, 1.82) is 0 Å². The summed E-state index contributed by atoms with van der Waals surface area (Å²) in [6.07, 6.45) is 7.22. The van der Waals surface area contributed by atoms with Gasteiger partial charge in [-0.15, -0.1) is 0 Å². The maximum absolute atomic E-state index is 12.7. The van der Waals surface area contributed by atoms with E-state index in [1.807, 2.05) is 11.9 Å². The van der Waals surface area contributed by atoms with E-state index in [1.165, 1.54) is 25.7 Å². The highest BCUT2D eigenvalue weighted by Crippen LogP contribution is 2.29. The summed E-state index contributed by atoms with van der Waals surface area (Å²) in [7, 11) is 5.09. The molecule has 2 rings (SSSR count). The standard InChI is InChI=1S/C17H25NO3/c1-18(14-8-6-4-5-7-9-14)17(19)13-10-11-15(20-2)16(12-13)21-3/h10-12,14H,4-9H2,1-3H3. The van der Waals surface area contributed by atoms with Gasteiger partial charge in [0.2, 0.25) is 0 Å². The first-order valence-corrected chi connectivity index (χ1v) is 7.66. The third-order valence-electron chi connectivity index (χ3n) is 4.32. The molecule has 1 saturated carbocycles. The molecule has 1 aliphatic rings. The summed E-state index contributed by atoms with van der Waals surface area (Å²) in [5.41, 5.74) is 0.652. The summed E-state index contributed by atoms with van der Waals surface area (Å²) < 4.78 is 10.5. The van der Waals surface area contributed by atoms with E-state index >= 15 is 0 Å². The van der Waals surface area contributed by atoms with Crippen LogP contribution in [0, 0.1) is 0 Å². The maximum Gasteiger partial charge on any atom is 0.253 e. The number of carbonyl (C=O) groups excluding carboxylic acids is 1. The van der Waals surface area contributed by atoms with Crippen LogP contribution < -0.4 is 9.47 Å². The second kappa shape index (κ2) is 7.34. The van der Waals surface area contributed by atoms with Gasteiger partial charge in [0, 0.05) is 18.7 Å². The molecule has 0 unspecified atom stereocenters. The van der Waals surface area contributed by atoms with Crippen molar-refractivity contribution in [3.63, 3.8) is 0 Å². The van der Waals surface area contributed by atoms with E-state index in [2.05, 4.69) is 0 Å². The molecule has 1 amide bonds. The first kappa shape index (κ1) is 15.7. The zero-order valence-electron chi connectivity index (χ0n) is 13.2. The summed E-state index contributed by atoms with van der Waals surface area (Å²) in [5.74, 6) is 1.30. The van der Waals surface area contributed by atoms with E-state index < -0.39 is 0 Å². The van der Waals surface area contributed by atoms with Crippen molar-refractivity contribution in [3.05, 3.63) is 23.8 Å². The Balaban J connectivity index is 2.14. The van der Waals surface area contributed by atoms with Gasteiger partial charge in [0.1, 0.15) is 0 Å². The average Bonchev–Trinajstić information content (AvgIpc) is 2.82. The molecule has 4 heteroatoms. The fourth-order valence-corrected chi connectivity index (χ4v) is 2.98. The Kier molecular flexibility index (Phi) is 5.48. The number of rotatable bonds is 4. The minimum absolute atomic E-state index is 0.0582. The first-order chi connectivity index (χ1) is 10.2. The van der Waals surface area contributed by atoms with Crippen LogP contribution in [0.3, 0.4) is 0 Å². The van der Waals surface area contributed by atoms with Gasteiger partial charge in [-0.05, 0) is 31.0 Å². The lowest BCUT2D eigenvalue weighted by atomic mass is 10.1. The lowest BCUT2D eigenvalue weighted by Crippen LogP contribution is -2.36. The van der Waals surface area contributed by atoms with Crippen LogP contribution in [0.2, 0.25) is 0 Å². The normalized spacial score (nSPS) is 16.1. The van der Waals surface area contributed by atoms with Crippen molar-refractivity contribution >= 4 is 5.91 Å². The molecule has 0 saturated heterocycles. The zero-order chi connectivity index (χ0) is 15.2. The number of hydrogen-bond acceptors (Lipinski definition) is 3. The van der Waals surface area contributed by atoms with Crippen molar-refractivity contribution in [2.75, 3.05) is 21.3 Å². The molecule has 1 aromatic carbocycles. The molecule has 0 bridgehead atoms. The summed E-state index contributed by atoms with van der Waals surface area (Å²) in [5, 5.41) is 0. The van der Waals surface area contributed by atoms with E-state index in [0.717, 1.165) is 12.8 Å². The first-order valence-electron chi connectivity index (χ1n) is 7.66. The Hall–Kier alpha value is -1.71. The number of amides is 1. The van der Waals surface area contributed by atoms with Crippen LogP contribution in [0.1, 0.15) is 48.9 Å². The van der Waals surface area contributed by atoms with Crippen molar-refractivity contribution in [3.8, 4) is 11.5 Å². The molecule has 1 aliphatic carbocycles. The molecule has 1 aromatic rings. The van der Waals surface area contributed by atoms with Crippen molar-refractivity contribution in [1.82, 2.24) is 4.90 Å². The van der Waals surface area contributed by atoms with Crippen LogP contribution in [0.5, 0.6) is 11.5 Å². The summed E-state index contributed by atoms with van der Waals surface area (Å²) in [4.78, 5) is 14.5. The Labute approximate surface area is 127 Å². The predicted molar refractivity (Wildman–Crippen MR) is 83.1 cm³/mol. The van der Waals surface area contributed by atoms with E-state index in [4.69, 9.17) is 9.47 Å². The number of carbonyl (C=O) groups is 1. The van der Waals surface area contributed by atoms with Gasteiger partial charge < -0.3 is 14.4 Å². The van der Waals surface area contributed by atoms with Crippen molar-refractivity contribution in [2.45, 2.75) is 44.6 Å². The molecule has 1 fully saturated rings. The smallest absolute Gasteiger partial charge is 0.253 e. The van der Waals surface area contributed by atoms with E-state index in [9.17, 15) is 4.79 Å². The van der Waals surface area contributed by atoms with Crippen molar-refractivity contribution in [2.24, 2.45) is 0 Å². The fraction of sp³-hybridized carbons (Fsp3) is 0.588. The van der Waals surface area contributed by atoms with Crippen LogP contribution >= 0.6 is 0 Å². The van der Waals surface area contributed by atoms with Gasteiger partial charge >= 0.3 is 0 Å². The third-order valence-corrected chi connectivity index (χ3v) is 4.32. The van der Waals surface area contributed by atoms with Gasteiger partial charge in [0.15, 0.2) is 11.5 Å². The molecule has 0 aromatic heterocycles. The predicted octanol–water partition coefficient (Wildman–Crippen LogP) is 3.50. The van der Waals surface area contributed by atoms with Crippen LogP contribution in [-0.2, 0) is 0 Å². The number of methoxy groups -OCH3 is 2. The number of ether oxygens (including phenoxy) is 2. The zero-order valence-corrected chi connectivity index (χ0v) is 13.2. The molecule has 0 N–H and O–H groups in total. The Morgan fingerprint density at radius 3 is 2.24 bits per heavy atom. The second-order valence-electron chi connectivity index (χ2n) is 5.63. The Morgan fingerprint density at radius 1 is 1.05 bits per heavy atom. The van der Waals surface area contributed by atoms with E-state index in [0.29, 0.717) is 23.1 Å². The van der Waals surface area contributed by atoms with Gasteiger partial charge in [-0.3, -0.25) is 4.79 Å². The third kappa shape index (κ3) is 3.69. The molecular formula is C17H25NO3. The monoisotopic (exact) mass is 291 g/mol. The Morgan fingerprint density at radius 2 is 1.67 bits per heavy atom. The molecule has 21 heavy (non-hydrogen) atoms. The van der Waals surface area contributed by atoms with Gasteiger partial charge in [-0.25, -0.2) is 0 Å². The van der Waals surface area contributed by atoms with Gasteiger partial charge in [-0.2, -0.15) is 0 Å². The Bertz CT molecular complexity index is 479. The van der Waals surface area contributed by atoms with Crippen LogP contribution in [0.4, 0.5) is 0 Å². The van der Waals surface area contributed by atoms with Gasteiger partial charge in [0.25, 0.3) is 5.91 Å². The van der Waals surface area contributed by atoms with E-state index in [-0.39, 0.29) is 5.91 Å². The highest BCUT2D eigenvalue weighted by Gasteiger charge is 2.23. The quantitative estimate of drug-likeness (QED) is 0.797. The fourth-order valence-electron chi connectivity index (χ4n) is 2.98. The number of benzene rings is 1. The molecule has 116 valence electrons. The minimum atomic E-state index is 0.0582. The molecule has 0 radical (unpaired) electrons. The summed E-state index contributed by atoms with van der Waals surface area (Å²) in [6.45, 7) is 0. The highest BCUT2D eigenvalue weighted by atomic mass is 16.5. The van der Waals surface area contributed by atoms with Crippen molar-refractivity contribution < 1.29 is 14.3 Å². The highest BCUT2D eigenvalue weighted by molar-refractivity contribution is 5.95. The minimum Gasteiger partial charge on any atom is -0.493 e. The SMILES string of the molecule is COc1ccc(C(=O)N(C)C2CCCCCC2)cc1OC. The average molecular weight is 291 g/mol. The molecular weight excluding hydrogens is 266 g/mol. The van der Waals surface area contributed by atoms with Crippen LogP contribution in [-0.4, -0.2) is 38.1 Å². The summed E-state index contributed by atoms with van der Waals surface area (Å²) in [6, 6.07) is 5.70. The molecule has 0 heterocycles. The molecule has 0 aliphatic heterocycles. The number of hydrogen-bond donors (Lipinski definition) is 0. The molecule has 0 spiro atoms. The molecule has 0 atom stereocenters. The number of nitrogens with zero attached hydrogens (tertiary/aromatic N) is 1. The maximum atomic E-state index is 12.7. The van der Waals surface area contributed by atoms with Crippen LogP contribution in [0.25, 0.3) is 0 Å². The van der Waals surface area contributed by atoms with Gasteiger partial charge in [0.05, 0.1) is 14.2 Å². The molecule has 4 nitrogen and oxygen atoms in total.